The summed E-state index contributed by atoms with van der Waals surface area (Å²) in [4.78, 5) is 21.4. The molecule has 21 heavy (non-hydrogen) atoms. The number of carboxylic acid groups (broad SMARTS) is 2. The molecule has 0 heterocycles. The molecule has 0 aliphatic rings. The third kappa shape index (κ3) is 13.6. The van der Waals surface area contributed by atoms with Crippen molar-refractivity contribution < 1.29 is 19.8 Å². The van der Waals surface area contributed by atoms with Crippen LogP contribution in [0, 0.1) is 0 Å². The number of rotatable bonds is 15. The van der Waals surface area contributed by atoms with Crippen LogP contribution in [0.5, 0.6) is 0 Å². The van der Waals surface area contributed by atoms with Crippen LogP contribution in [-0.4, -0.2) is 34.7 Å². The maximum atomic E-state index is 10.9. The fourth-order valence-corrected chi connectivity index (χ4v) is 2.29. The van der Waals surface area contributed by atoms with Crippen LogP contribution in [0.2, 0.25) is 0 Å². The first-order valence-corrected chi connectivity index (χ1v) is 8.26. The smallest absolute Gasteiger partial charge is 0.320 e. The molecular formula is C16H31NO4. The number of nitrogens with one attached hydrogen (secondary N) is 1. The number of hydrogen-bond donors (Lipinski definition) is 3. The van der Waals surface area contributed by atoms with E-state index in [0.29, 0.717) is 6.54 Å². The highest BCUT2D eigenvalue weighted by molar-refractivity contribution is 5.75. The minimum atomic E-state index is -0.966. The summed E-state index contributed by atoms with van der Waals surface area (Å²) in [6.45, 7) is 2.86. The predicted molar refractivity (Wildman–Crippen MR) is 83.5 cm³/mol. The van der Waals surface area contributed by atoms with Crippen LogP contribution in [0.3, 0.4) is 0 Å². The summed E-state index contributed by atoms with van der Waals surface area (Å²) in [6.07, 6.45) is 11.1. The molecule has 0 amide bonds. The van der Waals surface area contributed by atoms with Gasteiger partial charge in [-0.25, -0.2) is 0 Å². The van der Waals surface area contributed by atoms with Gasteiger partial charge in [-0.3, -0.25) is 9.59 Å². The van der Waals surface area contributed by atoms with E-state index in [4.69, 9.17) is 10.2 Å². The van der Waals surface area contributed by atoms with Gasteiger partial charge in [0.2, 0.25) is 0 Å². The van der Waals surface area contributed by atoms with Crippen LogP contribution in [0.25, 0.3) is 0 Å². The Labute approximate surface area is 128 Å². The maximum Gasteiger partial charge on any atom is 0.320 e. The first-order chi connectivity index (χ1) is 10.1. The van der Waals surface area contributed by atoms with Gasteiger partial charge in [0.1, 0.15) is 6.04 Å². The fraction of sp³-hybridized carbons (Fsp3) is 0.875. The minimum Gasteiger partial charge on any atom is -0.481 e. The zero-order chi connectivity index (χ0) is 15.9. The van der Waals surface area contributed by atoms with Gasteiger partial charge in [-0.2, -0.15) is 0 Å². The molecule has 1 atom stereocenters. The van der Waals surface area contributed by atoms with E-state index in [2.05, 4.69) is 12.2 Å². The summed E-state index contributed by atoms with van der Waals surface area (Å²) in [5, 5.41) is 20.5. The summed E-state index contributed by atoms with van der Waals surface area (Å²) < 4.78 is 0. The lowest BCUT2D eigenvalue weighted by atomic mass is 10.1. The first kappa shape index (κ1) is 19.9. The average molecular weight is 301 g/mol. The molecule has 0 rings (SSSR count). The largest absolute Gasteiger partial charge is 0.481 e. The molecule has 0 radical (unpaired) electrons. The molecule has 0 aliphatic carbocycles. The average Bonchev–Trinajstić information content (AvgIpc) is 2.43. The van der Waals surface area contributed by atoms with Gasteiger partial charge >= 0.3 is 11.9 Å². The van der Waals surface area contributed by atoms with Gasteiger partial charge < -0.3 is 15.5 Å². The monoisotopic (exact) mass is 301 g/mol. The number of carbonyl (C=O) groups is 2. The molecule has 1 unspecified atom stereocenters. The zero-order valence-electron chi connectivity index (χ0n) is 13.3. The van der Waals surface area contributed by atoms with E-state index >= 15 is 0 Å². The molecule has 0 aliphatic heterocycles. The van der Waals surface area contributed by atoms with Crippen LogP contribution in [-0.2, 0) is 9.59 Å². The van der Waals surface area contributed by atoms with Gasteiger partial charge in [0.15, 0.2) is 0 Å². The Kier molecular flexibility index (Phi) is 13.1. The third-order valence-electron chi connectivity index (χ3n) is 3.62. The van der Waals surface area contributed by atoms with Crippen LogP contribution in [0.15, 0.2) is 0 Å². The quantitative estimate of drug-likeness (QED) is 0.403. The summed E-state index contributed by atoms with van der Waals surface area (Å²) in [6, 6.07) is -0.741. The van der Waals surface area contributed by atoms with Crippen molar-refractivity contribution in [3.05, 3.63) is 0 Å². The Morgan fingerprint density at radius 3 is 1.90 bits per heavy atom. The van der Waals surface area contributed by atoms with Gasteiger partial charge in [-0.05, 0) is 19.4 Å². The van der Waals surface area contributed by atoms with Crippen LogP contribution < -0.4 is 5.32 Å². The fourth-order valence-electron chi connectivity index (χ4n) is 2.29. The Morgan fingerprint density at radius 2 is 1.43 bits per heavy atom. The Bertz CT molecular complexity index is 281. The van der Waals surface area contributed by atoms with E-state index in [-0.39, 0.29) is 12.8 Å². The number of aliphatic carboxylic acids is 2. The van der Waals surface area contributed by atoms with Crippen molar-refractivity contribution in [3.63, 3.8) is 0 Å². The predicted octanol–water partition coefficient (Wildman–Crippen LogP) is 3.42. The molecule has 0 aromatic rings. The minimum absolute atomic E-state index is 0.109. The molecule has 0 aromatic carbocycles. The number of unbranched alkanes of at least 4 members (excludes halogenated alkanes) is 8. The van der Waals surface area contributed by atoms with Crippen molar-refractivity contribution in [2.24, 2.45) is 0 Å². The molecule has 0 bridgehead atoms. The summed E-state index contributed by atoms with van der Waals surface area (Å²) in [5.74, 6) is -1.92. The van der Waals surface area contributed by atoms with Crippen LogP contribution in [0.4, 0.5) is 0 Å². The molecule has 0 spiro atoms. The van der Waals surface area contributed by atoms with E-state index in [1.807, 2.05) is 0 Å². The van der Waals surface area contributed by atoms with Crippen molar-refractivity contribution in [2.45, 2.75) is 83.6 Å². The van der Waals surface area contributed by atoms with E-state index in [1.54, 1.807) is 0 Å². The molecular weight excluding hydrogens is 270 g/mol. The highest BCUT2D eigenvalue weighted by atomic mass is 16.4. The summed E-state index contributed by atoms with van der Waals surface area (Å²) in [5.41, 5.74) is 0. The second-order valence-electron chi connectivity index (χ2n) is 5.61. The molecule has 5 nitrogen and oxygen atoms in total. The highest BCUT2D eigenvalue weighted by Crippen LogP contribution is 2.09. The van der Waals surface area contributed by atoms with Crippen molar-refractivity contribution in [3.8, 4) is 0 Å². The Morgan fingerprint density at radius 1 is 0.905 bits per heavy atom. The van der Waals surface area contributed by atoms with Crippen molar-refractivity contribution in [1.29, 1.82) is 0 Å². The summed E-state index contributed by atoms with van der Waals surface area (Å²) >= 11 is 0. The second kappa shape index (κ2) is 13.9. The van der Waals surface area contributed by atoms with Gasteiger partial charge in [0.05, 0.1) is 0 Å². The van der Waals surface area contributed by atoms with Crippen LogP contribution >= 0.6 is 0 Å². The van der Waals surface area contributed by atoms with Gasteiger partial charge in [-0.15, -0.1) is 0 Å². The highest BCUT2D eigenvalue weighted by Gasteiger charge is 2.17. The lowest BCUT2D eigenvalue weighted by molar-refractivity contribution is -0.140. The Balaban J connectivity index is 3.45. The van der Waals surface area contributed by atoms with Gasteiger partial charge in [0, 0.05) is 6.42 Å². The third-order valence-corrected chi connectivity index (χ3v) is 3.62. The lowest BCUT2D eigenvalue weighted by Gasteiger charge is -2.13. The van der Waals surface area contributed by atoms with Crippen molar-refractivity contribution >= 4 is 11.9 Å². The topological polar surface area (TPSA) is 86.6 Å². The second-order valence-corrected chi connectivity index (χ2v) is 5.61. The Hall–Kier alpha value is -1.10. The molecule has 0 aromatic heterocycles. The lowest BCUT2D eigenvalue weighted by Crippen LogP contribution is -2.37. The standard InChI is InChI=1S/C16H31NO4/c1-2-3-4-5-6-7-8-9-10-13-17-14(16(20)21)11-12-15(18)19/h14,17H,2-13H2,1H3,(H,18,19)(H,20,21). The molecule has 124 valence electrons. The van der Waals surface area contributed by atoms with E-state index in [1.165, 1.54) is 44.9 Å². The van der Waals surface area contributed by atoms with Gasteiger partial charge in [-0.1, -0.05) is 58.3 Å². The normalized spacial score (nSPS) is 12.2. The van der Waals surface area contributed by atoms with Gasteiger partial charge in [0.25, 0.3) is 0 Å². The van der Waals surface area contributed by atoms with Crippen molar-refractivity contribution in [2.75, 3.05) is 6.54 Å². The zero-order valence-corrected chi connectivity index (χ0v) is 13.3. The molecule has 5 heteroatoms. The van der Waals surface area contributed by atoms with Crippen molar-refractivity contribution in [1.82, 2.24) is 5.32 Å². The number of hydrogen-bond acceptors (Lipinski definition) is 3. The molecule has 0 saturated heterocycles. The van der Waals surface area contributed by atoms with E-state index < -0.39 is 18.0 Å². The summed E-state index contributed by atoms with van der Waals surface area (Å²) in [7, 11) is 0. The number of carboxylic acids is 2. The van der Waals surface area contributed by atoms with E-state index in [9.17, 15) is 9.59 Å². The molecule has 3 N–H and O–H groups in total. The molecule has 0 fully saturated rings. The molecule has 0 saturated carbocycles. The SMILES string of the molecule is CCCCCCCCCCCNC(CCC(=O)O)C(=O)O. The van der Waals surface area contributed by atoms with Crippen LogP contribution in [0.1, 0.15) is 77.6 Å². The first-order valence-electron chi connectivity index (χ1n) is 8.26. The van der Waals surface area contributed by atoms with E-state index in [0.717, 1.165) is 12.8 Å². The maximum absolute atomic E-state index is 10.9.